The van der Waals surface area contributed by atoms with Crippen molar-refractivity contribution < 1.29 is 4.42 Å². The van der Waals surface area contributed by atoms with Gasteiger partial charge in [-0.1, -0.05) is 0 Å². The van der Waals surface area contributed by atoms with E-state index in [1.807, 2.05) is 20.8 Å². The van der Waals surface area contributed by atoms with Gasteiger partial charge < -0.3 is 9.40 Å². The summed E-state index contributed by atoms with van der Waals surface area (Å²) >= 11 is 0. The Bertz CT molecular complexity index is 1090. The topological polar surface area (TPSA) is 58.9 Å². The zero-order valence-corrected chi connectivity index (χ0v) is 12.1. The molecular weight excluding hydrogens is 264 g/mol. The van der Waals surface area contributed by atoms with Crippen LogP contribution in [0.5, 0.6) is 0 Å². The van der Waals surface area contributed by atoms with Gasteiger partial charge in [0.15, 0.2) is 0 Å². The van der Waals surface area contributed by atoms with Gasteiger partial charge in [0, 0.05) is 34.1 Å². The first kappa shape index (κ1) is 12.1. The highest BCUT2D eigenvalue weighted by atomic mass is 16.3. The highest BCUT2D eigenvalue weighted by Crippen LogP contribution is 2.35. The zero-order valence-electron chi connectivity index (χ0n) is 12.1. The Morgan fingerprint density at radius 2 is 1.95 bits per heavy atom. The molecule has 0 radical (unpaired) electrons. The van der Waals surface area contributed by atoms with E-state index >= 15 is 0 Å². The summed E-state index contributed by atoms with van der Waals surface area (Å²) in [6.07, 6.45) is 3.39. The third kappa shape index (κ3) is 1.50. The molecule has 4 heteroatoms. The molecular formula is C17H14N2O2. The van der Waals surface area contributed by atoms with Crippen LogP contribution in [-0.4, -0.2) is 9.97 Å². The molecule has 0 saturated carbocycles. The second kappa shape index (κ2) is 3.95. The zero-order chi connectivity index (χ0) is 14.7. The molecule has 0 spiro atoms. The molecule has 0 atom stereocenters. The van der Waals surface area contributed by atoms with Crippen LogP contribution >= 0.6 is 0 Å². The van der Waals surface area contributed by atoms with E-state index in [4.69, 9.17) is 4.42 Å². The lowest BCUT2D eigenvalue weighted by Gasteiger charge is -2.06. The summed E-state index contributed by atoms with van der Waals surface area (Å²) in [5, 5.41) is 3.53. The van der Waals surface area contributed by atoms with Gasteiger partial charge in [-0.2, -0.15) is 0 Å². The summed E-state index contributed by atoms with van der Waals surface area (Å²) in [4.78, 5) is 19.5. The standard InChI is InChI=1S/C17H14N2O2/c1-8-6-12-13-7-18-5-4-11(13)17(20)19-15(12)14-9(2)10(3)21-16(8)14/h4-7H,1-3H3,(H,19,20). The van der Waals surface area contributed by atoms with Gasteiger partial charge in [-0.05, 0) is 38.5 Å². The molecule has 4 rings (SSSR count). The van der Waals surface area contributed by atoms with Crippen molar-refractivity contribution in [3.63, 3.8) is 0 Å². The van der Waals surface area contributed by atoms with Crippen LogP contribution in [0.15, 0.2) is 33.7 Å². The molecule has 0 bridgehead atoms. The molecule has 0 aliphatic carbocycles. The number of furan rings is 1. The van der Waals surface area contributed by atoms with Crippen molar-refractivity contribution in [3.05, 3.63) is 51.8 Å². The largest absolute Gasteiger partial charge is 0.461 e. The van der Waals surface area contributed by atoms with E-state index in [1.54, 1.807) is 18.5 Å². The van der Waals surface area contributed by atoms with Gasteiger partial charge in [-0.15, -0.1) is 0 Å². The molecule has 0 amide bonds. The van der Waals surface area contributed by atoms with Crippen molar-refractivity contribution in [1.82, 2.24) is 9.97 Å². The molecule has 3 aromatic heterocycles. The molecule has 3 heterocycles. The first-order valence-electron chi connectivity index (χ1n) is 6.87. The van der Waals surface area contributed by atoms with Crippen LogP contribution in [0.3, 0.4) is 0 Å². The van der Waals surface area contributed by atoms with E-state index in [2.05, 4.69) is 16.0 Å². The number of rotatable bonds is 0. The number of hydrogen-bond acceptors (Lipinski definition) is 3. The number of nitrogens with zero attached hydrogens (tertiary/aromatic N) is 1. The van der Waals surface area contributed by atoms with Crippen molar-refractivity contribution in [3.8, 4) is 0 Å². The molecule has 21 heavy (non-hydrogen) atoms. The van der Waals surface area contributed by atoms with Crippen LogP contribution in [0.25, 0.3) is 32.6 Å². The highest BCUT2D eigenvalue weighted by Gasteiger charge is 2.16. The van der Waals surface area contributed by atoms with Crippen LogP contribution in [0.2, 0.25) is 0 Å². The number of pyridine rings is 2. The predicted octanol–water partition coefficient (Wildman–Crippen LogP) is 3.75. The Morgan fingerprint density at radius 1 is 1.14 bits per heavy atom. The number of aromatic nitrogens is 2. The van der Waals surface area contributed by atoms with Crippen molar-refractivity contribution in [2.24, 2.45) is 0 Å². The number of aryl methyl sites for hydroxylation is 3. The molecule has 4 aromatic rings. The van der Waals surface area contributed by atoms with Gasteiger partial charge in [-0.25, -0.2) is 0 Å². The number of nitrogens with one attached hydrogen (secondary N) is 1. The average Bonchev–Trinajstić information content (AvgIpc) is 2.78. The summed E-state index contributed by atoms with van der Waals surface area (Å²) in [5.74, 6) is 0.882. The summed E-state index contributed by atoms with van der Waals surface area (Å²) < 4.78 is 5.85. The SMILES string of the molecule is Cc1oc2c(C)cc3c4cnccc4c(=O)[nH]c3c2c1C. The van der Waals surface area contributed by atoms with E-state index < -0.39 is 0 Å². The van der Waals surface area contributed by atoms with Crippen LogP contribution in [0.4, 0.5) is 0 Å². The first-order valence-corrected chi connectivity index (χ1v) is 6.87. The maximum Gasteiger partial charge on any atom is 0.256 e. The second-order valence-electron chi connectivity index (χ2n) is 5.48. The number of H-pyrrole nitrogens is 1. The Kier molecular flexibility index (Phi) is 2.28. The lowest BCUT2D eigenvalue weighted by atomic mass is 10.0. The Morgan fingerprint density at radius 3 is 2.76 bits per heavy atom. The molecule has 1 N–H and O–H groups in total. The summed E-state index contributed by atoms with van der Waals surface area (Å²) in [7, 11) is 0. The summed E-state index contributed by atoms with van der Waals surface area (Å²) in [6.45, 7) is 5.99. The van der Waals surface area contributed by atoms with Gasteiger partial charge in [0.05, 0.1) is 10.9 Å². The quantitative estimate of drug-likeness (QED) is 0.498. The normalized spacial score (nSPS) is 11.8. The minimum Gasteiger partial charge on any atom is -0.461 e. The van der Waals surface area contributed by atoms with Crippen LogP contribution in [0.1, 0.15) is 16.9 Å². The van der Waals surface area contributed by atoms with Crippen molar-refractivity contribution in [2.75, 3.05) is 0 Å². The molecule has 104 valence electrons. The second-order valence-corrected chi connectivity index (χ2v) is 5.48. The van der Waals surface area contributed by atoms with Gasteiger partial charge in [0.1, 0.15) is 11.3 Å². The molecule has 0 saturated heterocycles. The fourth-order valence-electron chi connectivity index (χ4n) is 3.02. The Balaban J connectivity index is 2.41. The molecule has 4 nitrogen and oxygen atoms in total. The van der Waals surface area contributed by atoms with E-state index in [1.165, 1.54) is 0 Å². The van der Waals surface area contributed by atoms with Crippen LogP contribution < -0.4 is 5.56 Å². The van der Waals surface area contributed by atoms with Crippen molar-refractivity contribution in [2.45, 2.75) is 20.8 Å². The average molecular weight is 278 g/mol. The maximum absolute atomic E-state index is 12.3. The van der Waals surface area contributed by atoms with E-state index in [0.29, 0.717) is 5.39 Å². The summed E-state index contributed by atoms with van der Waals surface area (Å²) in [6, 6.07) is 3.81. The van der Waals surface area contributed by atoms with E-state index in [0.717, 1.165) is 44.1 Å². The van der Waals surface area contributed by atoms with E-state index in [9.17, 15) is 4.79 Å². The third-order valence-corrected chi connectivity index (χ3v) is 4.22. The van der Waals surface area contributed by atoms with E-state index in [-0.39, 0.29) is 5.56 Å². The third-order valence-electron chi connectivity index (χ3n) is 4.22. The first-order chi connectivity index (χ1) is 10.1. The highest BCUT2D eigenvalue weighted by molar-refractivity contribution is 6.15. The summed E-state index contributed by atoms with van der Waals surface area (Å²) in [5.41, 5.74) is 3.71. The fourth-order valence-corrected chi connectivity index (χ4v) is 3.02. The van der Waals surface area contributed by atoms with Gasteiger partial charge >= 0.3 is 0 Å². The number of hydrogen-bond donors (Lipinski definition) is 1. The van der Waals surface area contributed by atoms with Gasteiger partial charge in [0.2, 0.25) is 0 Å². The number of benzene rings is 1. The number of fused-ring (bicyclic) bond motifs is 5. The van der Waals surface area contributed by atoms with Crippen molar-refractivity contribution in [1.29, 1.82) is 0 Å². The molecule has 0 fully saturated rings. The lowest BCUT2D eigenvalue weighted by Crippen LogP contribution is -2.07. The smallest absolute Gasteiger partial charge is 0.256 e. The molecule has 0 unspecified atom stereocenters. The minimum absolute atomic E-state index is 0.0942. The van der Waals surface area contributed by atoms with Crippen LogP contribution in [-0.2, 0) is 0 Å². The fraction of sp³-hybridized carbons (Fsp3) is 0.176. The lowest BCUT2D eigenvalue weighted by molar-refractivity contribution is 0.573. The molecule has 0 aliphatic heterocycles. The maximum atomic E-state index is 12.3. The van der Waals surface area contributed by atoms with Gasteiger partial charge in [-0.3, -0.25) is 9.78 Å². The number of aromatic amines is 1. The van der Waals surface area contributed by atoms with Gasteiger partial charge in [0.25, 0.3) is 5.56 Å². The van der Waals surface area contributed by atoms with Crippen molar-refractivity contribution >= 4 is 32.6 Å². The molecule has 1 aromatic carbocycles. The molecule has 0 aliphatic rings. The Labute approximate surface area is 120 Å². The predicted molar refractivity (Wildman–Crippen MR) is 83.9 cm³/mol. The van der Waals surface area contributed by atoms with Crippen LogP contribution in [0, 0.1) is 20.8 Å². The Hall–Kier alpha value is -2.62. The monoisotopic (exact) mass is 278 g/mol. The minimum atomic E-state index is -0.0942.